The molecule has 3 heteroatoms. The van der Waals surface area contributed by atoms with Crippen LogP contribution in [-0.2, 0) is 14.3 Å². The maximum absolute atomic E-state index is 11.3. The van der Waals surface area contributed by atoms with E-state index in [0.717, 1.165) is 0 Å². The normalized spacial score (nSPS) is 12.7. The Balaban J connectivity index is 3.62. The van der Waals surface area contributed by atoms with E-state index in [4.69, 9.17) is 9.47 Å². The highest BCUT2D eigenvalue weighted by atomic mass is 16.6. The molecule has 0 spiro atoms. The zero-order chi connectivity index (χ0) is 11.4. The number of hydrogen-bond acceptors (Lipinski definition) is 3. The molecule has 0 aromatic heterocycles. The molecule has 0 amide bonds. The van der Waals surface area contributed by atoms with E-state index in [-0.39, 0.29) is 11.6 Å². The highest BCUT2D eigenvalue weighted by Crippen LogP contribution is 2.15. The van der Waals surface area contributed by atoms with Gasteiger partial charge in [-0.3, -0.25) is 4.79 Å². The number of esters is 1. The van der Waals surface area contributed by atoms with Crippen molar-refractivity contribution in [1.29, 1.82) is 0 Å². The second kappa shape index (κ2) is 4.78. The first kappa shape index (κ1) is 13.4. The molecule has 0 saturated heterocycles. The van der Waals surface area contributed by atoms with Crippen molar-refractivity contribution in [2.75, 3.05) is 13.2 Å². The quantitative estimate of drug-likeness (QED) is 0.520. The number of carbonyl (C=O) groups is 1. The molecule has 0 aliphatic heterocycles. The Kier molecular flexibility index (Phi) is 4.59. The van der Waals surface area contributed by atoms with Crippen LogP contribution in [-0.4, -0.2) is 24.8 Å². The Morgan fingerprint density at radius 1 is 1.00 bits per heavy atom. The first-order valence-electron chi connectivity index (χ1n) is 4.94. The summed E-state index contributed by atoms with van der Waals surface area (Å²) in [5, 5.41) is 0. The minimum absolute atomic E-state index is 0.172. The molecule has 0 fully saturated rings. The molecule has 0 rings (SSSR count). The summed E-state index contributed by atoms with van der Waals surface area (Å²) in [7, 11) is 0. The summed E-state index contributed by atoms with van der Waals surface area (Å²) in [5.41, 5.74) is -0.601. The van der Waals surface area contributed by atoms with Gasteiger partial charge in [-0.2, -0.15) is 0 Å². The molecule has 0 heterocycles. The average Bonchev–Trinajstić information content (AvgIpc) is 1.93. The molecule has 0 N–H and O–H groups in total. The molecular formula is C11H22O3. The van der Waals surface area contributed by atoms with Gasteiger partial charge in [0.15, 0.2) is 0 Å². The number of rotatable bonds is 3. The van der Waals surface area contributed by atoms with Crippen LogP contribution in [0.1, 0.15) is 41.5 Å². The van der Waals surface area contributed by atoms with Gasteiger partial charge in [0.05, 0.1) is 17.6 Å². The van der Waals surface area contributed by atoms with Gasteiger partial charge in [-0.1, -0.05) is 0 Å². The van der Waals surface area contributed by atoms with Gasteiger partial charge >= 0.3 is 5.97 Å². The van der Waals surface area contributed by atoms with Crippen molar-refractivity contribution in [2.24, 2.45) is 5.41 Å². The summed E-state index contributed by atoms with van der Waals surface area (Å²) in [4.78, 5) is 11.3. The minimum Gasteiger partial charge on any atom is -0.463 e. The monoisotopic (exact) mass is 202 g/mol. The molecule has 0 aliphatic rings. The van der Waals surface area contributed by atoms with Gasteiger partial charge in [0.25, 0.3) is 0 Å². The molecule has 0 radical (unpaired) electrons. The molecule has 0 aliphatic carbocycles. The lowest BCUT2D eigenvalue weighted by Gasteiger charge is -2.21. The van der Waals surface area contributed by atoms with Crippen LogP contribution in [0, 0.1) is 5.41 Å². The van der Waals surface area contributed by atoms with Crippen LogP contribution in [0.3, 0.4) is 0 Å². The Bertz CT molecular complexity index is 184. The lowest BCUT2D eigenvalue weighted by atomic mass is 9.97. The smallest absolute Gasteiger partial charge is 0.311 e. The van der Waals surface area contributed by atoms with E-state index in [0.29, 0.717) is 13.2 Å². The molecular weight excluding hydrogens is 180 g/mol. The summed E-state index contributed by atoms with van der Waals surface area (Å²) in [6.07, 6.45) is 0. The van der Waals surface area contributed by atoms with Crippen molar-refractivity contribution in [1.82, 2.24) is 0 Å². The summed E-state index contributed by atoms with van der Waals surface area (Å²) in [6.45, 7) is 12.2. The third kappa shape index (κ3) is 6.89. The van der Waals surface area contributed by atoms with Crippen molar-refractivity contribution in [3.8, 4) is 0 Å². The summed E-state index contributed by atoms with van der Waals surface area (Å²) >= 11 is 0. The van der Waals surface area contributed by atoms with Crippen molar-refractivity contribution in [3.63, 3.8) is 0 Å². The molecule has 0 saturated carbocycles. The second-order valence-electron chi connectivity index (χ2n) is 5.35. The van der Waals surface area contributed by atoms with Crippen molar-refractivity contribution in [3.05, 3.63) is 0 Å². The van der Waals surface area contributed by atoms with E-state index in [1.54, 1.807) is 0 Å². The van der Waals surface area contributed by atoms with Crippen LogP contribution < -0.4 is 0 Å². The second-order valence-corrected chi connectivity index (χ2v) is 5.35. The van der Waals surface area contributed by atoms with E-state index >= 15 is 0 Å². The Morgan fingerprint density at radius 2 is 1.50 bits per heavy atom. The maximum Gasteiger partial charge on any atom is 0.311 e. The number of ether oxygens (including phenoxy) is 2. The minimum atomic E-state index is -0.429. The predicted molar refractivity (Wildman–Crippen MR) is 56.1 cm³/mol. The van der Waals surface area contributed by atoms with Crippen molar-refractivity contribution >= 4 is 5.97 Å². The highest BCUT2D eigenvalue weighted by Gasteiger charge is 2.22. The fraction of sp³-hybridized carbons (Fsp3) is 0.909. The first-order chi connectivity index (χ1) is 6.13. The molecule has 0 bridgehead atoms. The average molecular weight is 202 g/mol. The molecule has 0 unspecified atom stereocenters. The Morgan fingerprint density at radius 3 is 1.86 bits per heavy atom. The fourth-order valence-corrected chi connectivity index (χ4v) is 0.699. The van der Waals surface area contributed by atoms with Crippen LogP contribution in [0.5, 0.6) is 0 Å². The zero-order valence-corrected chi connectivity index (χ0v) is 10.1. The number of carbonyl (C=O) groups excluding carboxylic acids is 1. The summed E-state index contributed by atoms with van der Waals surface area (Å²) in [5.74, 6) is -0.185. The van der Waals surface area contributed by atoms with E-state index in [2.05, 4.69) is 0 Å². The SMILES string of the molecule is CC(C)(C)OCCOC(=O)C(C)(C)C. The van der Waals surface area contributed by atoms with Crippen molar-refractivity contribution < 1.29 is 14.3 Å². The van der Waals surface area contributed by atoms with Gasteiger partial charge in [0, 0.05) is 0 Å². The largest absolute Gasteiger partial charge is 0.463 e. The van der Waals surface area contributed by atoms with Gasteiger partial charge in [-0.25, -0.2) is 0 Å². The van der Waals surface area contributed by atoms with Crippen LogP contribution in [0.15, 0.2) is 0 Å². The molecule has 0 aromatic carbocycles. The Hall–Kier alpha value is -0.570. The molecule has 84 valence electrons. The van der Waals surface area contributed by atoms with Gasteiger partial charge in [0.1, 0.15) is 6.61 Å². The lowest BCUT2D eigenvalue weighted by Crippen LogP contribution is -2.27. The van der Waals surface area contributed by atoms with E-state index in [9.17, 15) is 4.79 Å². The third-order valence-electron chi connectivity index (χ3n) is 1.46. The van der Waals surface area contributed by atoms with Gasteiger partial charge in [-0.15, -0.1) is 0 Å². The third-order valence-corrected chi connectivity index (χ3v) is 1.46. The summed E-state index contributed by atoms with van der Waals surface area (Å²) < 4.78 is 10.5. The molecule has 14 heavy (non-hydrogen) atoms. The van der Waals surface area contributed by atoms with Crippen LogP contribution >= 0.6 is 0 Å². The van der Waals surface area contributed by atoms with Crippen LogP contribution in [0.25, 0.3) is 0 Å². The highest BCUT2D eigenvalue weighted by molar-refractivity contribution is 5.75. The van der Waals surface area contributed by atoms with Crippen LogP contribution in [0.2, 0.25) is 0 Å². The fourth-order valence-electron chi connectivity index (χ4n) is 0.699. The van der Waals surface area contributed by atoms with E-state index < -0.39 is 5.41 Å². The van der Waals surface area contributed by atoms with Gasteiger partial charge in [0.2, 0.25) is 0 Å². The van der Waals surface area contributed by atoms with Gasteiger partial charge in [-0.05, 0) is 41.5 Å². The predicted octanol–water partition coefficient (Wildman–Crippen LogP) is 2.39. The summed E-state index contributed by atoms with van der Waals surface area (Å²) in [6, 6.07) is 0. The maximum atomic E-state index is 11.3. The Labute approximate surface area is 86.8 Å². The molecule has 3 nitrogen and oxygen atoms in total. The molecule has 0 atom stereocenters. The lowest BCUT2D eigenvalue weighted by molar-refractivity contribution is -0.156. The van der Waals surface area contributed by atoms with E-state index in [1.807, 2.05) is 41.5 Å². The number of hydrogen-bond donors (Lipinski definition) is 0. The van der Waals surface area contributed by atoms with Crippen LogP contribution in [0.4, 0.5) is 0 Å². The van der Waals surface area contributed by atoms with Gasteiger partial charge < -0.3 is 9.47 Å². The topological polar surface area (TPSA) is 35.5 Å². The molecule has 0 aromatic rings. The standard InChI is InChI=1S/C11H22O3/c1-10(2,3)9(12)13-7-8-14-11(4,5)6/h7-8H2,1-6H3. The zero-order valence-electron chi connectivity index (χ0n) is 10.1. The van der Waals surface area contributed by atoms with Crippen molar-refractivity contribution in [2.45, 2.75) is 47.1 Å². The van der Waals surface area contributed by atoms with E-state index in [1.165, 1.54) is 0 Å². The first-order valence-corrected chi connectivity index (χ1v) is 4.94.